The summed E-state index contributed by atoms with van der Waals surface area (Å²) < 4.78 is 23.3. The Balaban J connectivity index is 2.55. The van der Waals surface area contributed by atoms with Crippen molar-refractivity contribution in [2.24, 2.45) is 0 Å². The van der Waals surface area contributed by atoms with Crippen molar-refractivity contribution in [3.63, 3.8) is 0 Å². The van der Waals surface area contributed by atoms with E-state index in [2.05, 4.69) is 5.32 Å². The molecule has 1 rings (SSSR count). The van der Waals surface area contributed by atoms with Gasteiger partial charge in [-0.3, -0.25) is 4.79 Å². The molecule has 0 aliphatic heterocycles. The van der Waals surface area contributed by atoms with Crippen LogP contribution in [-0.4, -0.2) is 32.3 Å². The van der Waals surface area contributed by atoms with Gasteiger partial charge in [-0.2, -0.15) is 0 Å². The standard InChI is InChI=1S/C13H18FNO3/c1-13(15-2,12(16)17-3)8-9-18-11-7-5-4-6-10(11)14/h4-7,15H,8-9H2,1-3H3. The van der Waals surface area contributed by atoms with Gasteiger partial charge in [0.25, 0.3) is 0 Å². The Morgan fingerprint density at radius 3 is 2.67 bits per heavy atom. The van der Waals surface area contributed by atoms with Gasteiger partial charge in [-0.15, -0.1) is 0 Å². The van der Waals surface area contributed by atoms with Crippen LogP contribution >= 0.6 is 0 Å². The van der Waals surface area contributed by atoms with E-state index in [1.54, 1.807) is 32.2 Å². The maximum Gasteiger partial charge on any atom is 0.325 e. The first-order valence-corrected chi connectivity index (χ1v) is 5.68. The van der Waals surface area contributed by atoms with Crippen molar-refractivity contribution in [3.05, 3.63) is 30.1 Å². The number of para-hydroxylation sites is 1. The van der Waals surface area contributed by atoms with E-state index >= 15 is 0 Å². The molecule has 1 aromatic carbocycles. The number of halogens is 1. The van der Waals surface area contributed by atoms with Crippen molar-refractivity contribution < 1.29 is 18.7 Å². The molecule has 1 atom stereocenters. The first-order valence-electron chi connectivity index (χ1n) is 5.68. The first-order chi connectivity index (χ1) is 8.53. The highest BCUT2D eigenvalue weighted by Gasteiger charge is 2.32. The van der Waals surface area contributed by atoms with Crippen molar-refractivity contribution in [2.75, 3.05) is 20.8 Å². The summed E-state index contributed by atoms with van der Waals surface area (Å²) in [4.78, 5) is 11.6. The fraction of sp³-hybridized carbons (Fsp3) is 0.462. The molecule has 4 nitrogen and oxygen atoms in total. The summed E-state index contributed by atoms with van der Waals surface area (Å²) in [6.07, 6.45) is 0.379. The second kappa shape index (κ2) is 6.35. The van der Waals surface area contributed by atoms with Gasteiger partial charge >= 0.3 is 5.97 Å². The van der Waals surface area contributed by atoms with Crippen LogP contribution in [0.1, 0.15) is 13.3 Å². The lowest BCUT2D eigenvalue weighted by atomic mass is 9.99. The lowest BCUT2D eigenvalue weighted by molar-refractivity contribution is -0.148. The lowest BCUT2D eigenvalue weighted by Gasteiger charge is -2.25. The summed E-state index contributed by atoms with van der Waals surface area (Å²) in [5.74, 6) is -0.607. The molecule has 0 spiro atoms. The molecular formula is C13H18FNO3. The van der Waals surface area contributed by atoms with E-state index in [0.29, 0.717) is 6.42 Å². The Bertz CT molecular complexity index is 411. The van der Waals surface area contributed by atoms with Crippen LogP contribution in [0.15, 0.2) is 24.3 Å². The molecule has 0 fully saturated rings. The quantitative estimate of drug-likeness (QED) is 0.787. The Hall–Kier alpha value is -1.62. The highest BCUT2D eigenvalue weighted by molar-refractivity contribution is 5.80. The van der Waals surface area contributed by atoms with E-state index in [0.717, 1.165) is 0 Å². The number of benzene rings is 1. The number of rotatable bonds is 6. The zero-order valence-electron chi connectivity index (χ0n) is 10.8. The van der Waals surface area contributed by atoms with Gasteiger partial charge in [0.05, 0.1) is 13.7 Å². The second-order valence-electron chi connectivity index (χ2n) is 4.10. The zero-order chi connectivity index (χ0) is 13.6. The Morgan fingerprint density at radius 2 is 2.11 bits per heavy atom. The molecule has 18 heavy (non-hydrogen) atoms. The van der Waals surface area contributed by atoms with Gasteiger partial charge in [-0.25, -0.2) is 4.39 Å². The van der Waals surface area contributed by atoms with Crippen LogP contribution in [0, 0.1) is 5.82 Å². The van der Waals surface area contributed by atoms with Crippen LogP contribution in [0.4, 0.5) is 4.39 Å². The summed E-state index contributed by atoms with van der Waals surface area (Å²) in [7, 11) is 3.00. The molecule has 0 amide bonds. The first kappa shape index (κ1) is 14.4. The zero-order valence-corrected chi connectivity index (χ0v) is 10.8. The fourth-order valence-corrected chi connectivity index (χ4v) is 1.48. The second-order valence-corrected chi connectivity index (χ2v) is 4.10. The maximum absolute atomic E-state index is 13.3. The molecule has 100 valence electrons. The molecule has 0 aliphatic carbocycles. The molecule has 1 N–H and O–H groups in total. The molecule has 0 saturated carbocycles. The van der Waals surface area contributed by atoms with Crippen molar-refractivity contribution in [3.8, 4) is 5.75 Å². The number of methoxy groups -OCH3 is 1. The van der Waals surface area contributed by atoms with Crippen molar-refractivity contribution in [1.29, 1.82) is 0 Å². The number of carbonyl (C=O) groups excluding carboxylic acids is 1. The van der Waals surface area contributed by atoms with E-state index in [9.17, 15) is 9.18 Å². The molecule has 1 aromatic rings. The number of ether oxygens (including phenoxy) is 2. The molecule has 0 bridgehead atoms. The average Bonchev–Trinajstić information content (AvgIpc) is 2.39. The Labute approximate surface area is 106 Å². The Kier molecular flexibility index (Phi) is 5.09. The van der Waals surface area contributed by atoms with Crippen molar-refractivity contribution in [1.82, 2.24) is 5.32 Å². The van der Waals surface area contributed by atoms with Gasteiger partial charge in [0.2, 0.25) is 0 Å². The van der Waals surface area contributed by atoms with Crippen LogP contribution in [0.3, 0.4) is 0 Å². The highest BCUT2D eigenvalue weighted by atomic mass is 19.1. The number of hydrogen-bond acceptors (Lipinski definition) is 4. The highest BCUT2D eigenvalue weighted by Crippen LogP contribution is 2.17. The van der Waals surface area contributed by atoms with E-state index in [-0.39, 0.29) is 18.3 Å². The van der Waals surface area contributed by atoms with Gasteiger partial charge in [0, 0.05) is 6.42 Å². The third kappa shape index (κ3) is 3.43. The minimum atomic E-state index is -0.833. The summed E-state index contributed by atoms with van der Waals surface area (Å²) in [5.41, 5.74) is -0.833. The van der Waals surface area contributed by atoms with E-state index in [1.807, 2.05) is 0 Å². The molecule has 0 saturated heterocycles. The predicted octanol–water partition coefficient (Wildman–Crippen LogP) is 1.75. The van der Waals surface area contributed by atoms with Gasteiger partial charge in [0.15, 0.2) is 11.6 Å². The molecule has 0 aromatic heterocycles. The molecule has 0 aliphatic rings. The van der Waals surface area contributed by atoms with Crippen LogP contribution in [0.2, 0.25) is 0 Å². The number of carbonyl (C=O) groups is 1. The summed E-state index contributed by atoms with van der Waals surface area (Å²) in [5, 5.41) is 2.88. The minimum absolute atomic E-state index is 0.181. The van der Waals surface area contributed by atoms with Crippen molar-refractivity contribution >= 4 is 5.97 Å². The van der Waals surface area contributed by atoms with E-state index in [1.165, 1.54) is 13.2 Å². The van der Waals surface area contributed by atoms with Crippen LogP contribution < -0.4 is 10.1 Å². The number of esters is 1. The number of nitrogens with one attached hydrogen (secondary N) is 1. The van der Waals surface area contributed by atoms with Crippen LogP contribution in [0.25, 0.3) is 0 Å². The monoisotopic (exact) mass is 255 g/mol. The largest absolute Gasteiger partial charge is 0.490 e. The van der Waals surface area contributed by atoms with E-state index in [4.69, 9.17) is 9.47 Å². The SMILES string of the molecule is CNC(C)(CCOc1ccccc1F)C(=O)OC. The van der Waals surface area contributed by atoms with Gasteiger partial charge in [-0.1, -0.05) is 12.1 Å². The molecule has 1 unspecified atom stereocenters. The van der Waals surface area contributed by atoms with Crippen LogP contribution in [-0.2, 0) is 9.53 Å². The predicted molar refractivity (Wildman–Crippen MR) is 66.0 cm³/mol. The third-order valence-electron chi connectivity index (χ3n) is 2.88. The normalized spacial score (nSPS) is 13.8. The minimum Gasteiger partial charge on any atom is -0.490 e. The van der Waals surface area contributed by atoms with Gasteiger partial charge in [-0.05, 0) is 26.1 Å². The molecular weight excluding hydrogens is 237 g/mol. The topological polar surface area (TPSA) is 47.6 Å². The number of likely N-dealkylation sites (N-methyl/N-ethyl adjacent to an activating group) is 1. The summed E-state index contributed by atoms with van der Waals surface area (Å²) in [6, 6.07) is 6.15. The Morgan fingerprint density at radius 1 is 1.44 bits per heavy atom. The lowest BCUT2D eigenvalue weighted by Crippen LogP contribution is -2.49. The number of hydrogen-bond donors (Lipinski definition) is 1. The average molecular weight is 255 g/mol. The third-order valence-corrected chi connectivity index (χ3v) is 2.88. The fourth-order valence-electron chi connectivity index (χ4n) is 1.48. The van der Waals surface area contributed by atoms with Crippen LogP contribution in [0.5, 0.6) is 5.75 Å². The maximum atomic E-state index is 13.3. The molecule has 0 radical (unpaired) electrons. The van der Waals surface area contributed by atoms with Crippen molar-refractivity contribution in [2.45, 2.75) is 18.9 Å². The van der Waals surface area contributed by atoms with Gasteiger partial charge in [0.1, 0.15) is 5.54 Å². The molecule has 5 heteroatoms. The summed E-state index contributed by atoms with van der Waals surface area (Å²) >= 11 is 0. The van der Waals surface area contributed by atoms with Gasteiger partial charge < -0.3 is 14.8 Å². The molecule has 0 heterocycles. The summed E-state index contributed by atoms with van der Waals surface area (Å²) in [6.45, 7) is 1.93. The van der Waals surface area contributed by atoms with E-state index < -0.39 is 11.4 Å². The smallest absolute Gasteiger partial charge is 0.325 e.